The number of anilines is 1. The molecule has 29 heavy (non-hydrogen) atoms. The van der Waals surface area contributed by atoms with Crippen molar-refractivity contribution >= 4 is 43.1 Å². The number of carbonyl (C=O) groups is 1. The third-order valence-electron chi connectivity index (χ3n) is 5.07. The van der Waals surface area contributed by atoms with E-state index in [1.807, 2.05) is 63.2 Å². The summed E-state index contributed by atoms with van der Waals surface area (Å²) in [4.78, 5) is 25.3. The number of nitrogens with zero attached hydrogens (tertiary/aromatic N) is 2. The molecule has 1 N–H and O–H groups in total. The van der Waals surface area contributed by atoms with E-state index in [9.17, 15) is 9.59 Å². The lowest BCUT2D eigenvalue weighted by Gasteiger charge is -2.10. The lowest BCUT2D eigenvalue weighted by atomic mass is 10.1. The maximum atomic E-state index is 13.0. The molecule has 0 atom stereocenters. The van der Waals surface area contributed by atoms with Crippen LogP contribution in [0.25, 0.3) is 20.2 Å². The predicted molar refractivity (Wildman–Crippen MR) is 120 cm³/mol. The van der Waals surface area contributed by atoms with Crippen LogP contribution in [-0.4, -0.2) is 15.7 Å². The Morgan fingerprint density at radius 1 is 1.14 bits per heavy atom. The summed E-state index contributed by atoms with van der Waals surface area (Å²) in [5.41, 5.74) is 3.80. The van der Waals surface area contributed by atoms with E-state index in [4.69, 9.17) is 0 Å². The Hall–Kier alpha value is -2.99. The molecule has 2 aromatic carbocycles. The monoisotopic (exact) mass is 405 g/mol. The van der Waals surface area contributed by atoms with Crippen LogP contribution in [-0.2, 0) is 11.3 Å². The summed E-state index contributed by atoms with van der Waals surface area (Å²) in [5.74, 6) is -0.0521. The summed E-state index contributed by atoms with van der Waals surface area (Å²) < 4.78 is 3.54. The molecule has 0 unspecified atom stereocenters. The standard InChI is InChI=1S/C23H23N3O2S/c1-14-10-11-18(15(2)13-14)24-20(27)9-6-12-26-23(28)21-17-7-4-5-8-19(17)29-22(21)16(3)25-26/h4-5,7-8,10-11,13H,6,9,12H2,1-3H3,(H,24,27). The van der Waals surface area contributed by atoms with E-state index in [0.717, 1.165) is 42.7 Å². The average molecular weight is 406 g/mol. The second-order valence-corrected chi connectivity index (χ2v) is 8.44. The Balaban J connectivity index is 1.50. The van der Waals surface area contributed by atoms with Gasteiger partial charge in [-0.05, 0) is 44.9 Å². The first-order valence-corrected chi connectivity index (χ1v) is 10.5. The fourth-order valence-electron chi connectivity index (χ4n) is 3.62. The van der Waals surface area contributed by atoms with Crippen molar-refractivity contribution in [3.63, 3.8) is 0 Å². The molecule has 148 valence electrons. The zero-order valence-corrected chi connectivity index (χ0v) is 17.6. The van der Waals surface area contributed by atoms with Gasteiger partial charge in [0.05, 0.1) is 15.8 Å². The number of aryl methyl sites for hydroxylation is 4. The number of carbonyl (C=O) groups excluding carboxylic acids is 1. The van der Waals surface area contributed by atoms with Crippen LogP contribution in [0.2, 0.25) is 0 Å². The minimum atomic E-state index is -0.0853. The highest BCUT2D eigenvalue weighted by Crippen LogP contribution is 2.32. The number of benzene rings is 2. The molecule has 0 fully saturated rings. The van der Waals surface area contributed by atoms with Gasteiger partial charge in [0.2, 0.25) is 5.91 Å². The van der Waals surface area contributed by atoms with Crippen molar-refractivity contribution in [3.05, 3.63) is 69.6 Å². The minimum absolute atomic E-state index is 0.0521. The number of rotatable bonds is 5. The number of aromatic nitrogens is 2. The van der Waals surface area contributed by atoms with Crippen LogP contribution >= 0.6 is 11.3 Å². The molecule has 2 heterocycles. The van der Waals surface area contributed by atoms with Crippen molar-refractivity contribution in [2.24, 2.45) is 0 Å². The smallest absolute Gasteiger partial charge is 0.276 e. The van der Waals surface area contributed by atoms with Gasteiger partial charge in [-0.15, -0.1) is 11.3 Å². The van der Waals surface area contributed by atoms with Crippen LogP contribution in [0.4, 0.5) is 5.69 Å². The van der Waals surface area contributed by atoms with Crippen molar-refractivity contribution in [1.82, 2.24) is 9.78 Å². The summed E-state index contributed by atoms with van der Waals surface area (Å²) in [6.07, 6.45) is 0.888. The molecule has 4 aromatic rings. The van der Waals surface area contributed by atoms with Crippen LogP contribution in [0.5, 0.6) is 0 Å². The Labute approximate surface area is 173 Å². The normalized spacial score (nSPS) is 11.3. The van der Waals surface area contributed by atoms with Crippen LogP contribution in [0, 0.1) is 20.8 Å². The Morgan fingerprint density at radius 2 is 1.93 bits per heavy atom. The quantitative estimate of drug-likeness (QED) is 0.511. The zero-order valence-electron chi connectivity index (χ0n) is 16.8. The van der Waals surface area contributed by atoms with Gasteiger partial charge in [0.15, 0.2) is 0 Å². The lowest BCUT2D eigenvalue weighted by Crippen LogP contribution is -2.24. The first kappa shape index (κ1) is 19.3. The minimum Gasteiger partial charge on any atom is -0.326 e. The van der Waals surface area contributed by atoms with Gasteiger partial charge in [-0.2, -0.15) is 5.10 Å². The highest BCUT2D eigenvalue weighted by atomic mass is 32.1. The van der Waals surface area contributed by atoms with Crippen molar-refractivity contribution in [2.45, 2.75) is 40.2 Å². The van der Waals surface area contributed by atoms with Gasteiger partial charge < -0.3 is 5.32 Å². The van der Waals surface area contributed by atoms with Gasteiger partial charge >= 0.3 is 0 Å². The zero-order chi connectivity index (χ0) is 20.5. The topological polar surface area (TPSA) is 64.0 Å². The molecular formula is C23H23N3O2S. The van der Waals surface area contributed by atoms with Crippen LogP contribution < -0.4 is 10.9 Å². The molecule has 0 bridgehead atoms. The summed E-state index contributed by atoms with van der Waals surface area (Å²) >= 11 is 1.60. The van der Waals surface area contributed by atoms with Gasteiger partial charge in [-0.25, -0.2) is 4.68 Å². The second-order valence-electron chi connectivity index (χ2n) is 7.39. The molecular weight excluding hydrogens is 382 g/mol. The molecule has 4 rings (SSSR count). The Bertz CT molecular complexity index is 1290. The number of thiophene rings is 1. The third-order valence-corrected chi connectivity index (χ3v) is 6.35. The van der Waals surface area contributed by atoms with Crippen molar-refractivity contribution < 1.29 is 4.79 Å². The Morgan fingerprint density at radius 3 is 2.72 bits per heavy atom. The van der Waals surface area contributed by atoms with E-state index in [1.165, 1.54) is 4.68 Å². The second kappa shape index (κ2) is 7.79. The van der Waals surface area contributed by atoms with E-state index in [2.05, 4.69) is 10.4 Å². The molecule has 0 aliphatic rings. The highest BCUT2D eigenvalue weighted by molar-refractivity contribution is 7.26. The summed E-state index contributed by atoms with van der Waals surface area (Å²) in [6, 6.07) is 13.9. The number of hydrogen-bond acceptors (Lipinski definition) is 4. The molecule has 6 heteroatoms. The largest absolute Gasteiger partial charge is 0.326 e. The van der Waals surface area contributed by atoms with Crippen LogP contribution in [0.1, 0.15) is 29.7 Å². The van der Waals surface area contributed by atoms with Crippen molar-refractivity contribution in [3.8, 4) is 0 Å². The highest BCUT2D eigenvalue weighted by Gasteiger charge is 2.14. The number of amides is 1. The van der Waals surface area contributed by atoms with E-state index < -0.39 is 0 Å². The number of nitrogens with one attached hydrogen (secondary N) is 1. The van der Waals surface area contributed by atoms with E-state index in [-0.39, 0.29) is 11.5 Å². The Kier molecular flexibility index (Phi) is 5.20. The number of fused-ring (bicyclic) bond motifs is 3. The summed E-state index contributed by atoms with van der Waals surface area (Å²) in [5, 5.41) is 9.15. The van der Waals surface area contributed by atoms with Gasteiger partial charge in [-0.3, -0.25) is 9.59 Å². The van der Waals surface area contributed by atoms with Crippen LogP contribution in [0.3, 0.4) is 0 Å². The molecule has 0 radical (unpaired) electrons. The van der Waals surface area contributed by atoms with Gasteiger partial charge in [0, 0.05) is 28.7 Å². The van der Waals surface area contributed by atoms with Crippen molar-refractivity contribution in [1.29, 1.82) is 0 Å². The average Bonchev–Trinajstić information content (AvgIpc) is 3.08. The van der Waals surface area contributed by atoms with E-state index >= 15 is 0 Å². The van der Waals surface area contributed by atoms with Crippen LogP contribution in [0.15, 0.2) is 47.3 Å². The van der Waals surface area contributed by atoms with E-state index in [0.29, 0.717) is 19.4 Å². The molecule has 0 spiro atoms. The first-order chi connectivity index (χ1) is 13.9. The molecule has 0 saturated carbocycles. The molecule has 1 amide bonds. The molecule has 0 aliphatic carbocycles. The van der Waals surface area contributed by atoms with Gasteiger partial charge in [0.1, 0.15) is 0 Å². The van der Waals surface area contributed by atoms with Crippen molar-refractivity contribution in [2.75, 3.05) is 5.32 Å². The maximum absolute atomic E-state index is 13.0. The van der Waals surface area contributed by atoms with Gasteiger partial charge in [0.25, 0.3) is 5.56 Å². The molecule has 0 aliphatic heterocycles. The lowest BCUT2D eigenvalue weighted by molar-refractivity contribution is -0.116. The number of hydrogen-bond donors (Lipinski definition) is 1. The van der Waals surface area contributed by atoms with Gasteiger partial charge in [-0.1, -0.05) is 35.9 Å². The summed E-state index contributed by atoms with van der Waals surface area (Å²) in [6.45, 7) is 6.36. The van der Waals surface area contributed by atoms with E-state index in [1.54, 1.807) is 11.3 Å². The molecule has 0 saturated heterocycles. The fourth-order valence-corrected chi connectivity index (χ4v) is 4.76. The fraction of sp³-hybridized carbons (Fsp3) is 0.261. The SMILES string of the molecule is Cc1ccc(NC(=O)CCCn2nc(C)c3sc4ccccc4c3c2=O)c(C)c1. The molecule has 2 aromatic heterocycles. The molecule has 5 nitrogen and oxygen atoms in total. The summed E-state index contributed by atoms with van der Waals surface area (Å²) in [7, 11) is 0. The predicted octanol–water partition coefficient (Wildman–Crippen LogP) is 4.96. The maximum Gasteiger partial charge on any atom is 0.276 e. The first-order valence-electron chi connectivity index (χ1n) is 9.70. The third kappa shape index (κ3) is 3.80.